The first-order valence-corrected chi connectivity index (χ1v) is 8.38. The largest absolute Gasteiger partial charge is 0.395 e. The van der Waals surface area contributed by atoms with Crippen LogP contribution >= 0.6 is 0 Å². The third-order valence-electron chi connectivity index (χ3n) is 3.00. The second-order valence-electron chi connectivity index (χ2n) is 4.84. The van der Waals surface area contributed by atoms with Crippen LogP contribution in [-0.2, 0) is 10.8 Å². The molecule has 0 saturated carbocycles. The van der Waals surface area contributed by atoms with Crippen LogP contribution in [0.25, 0.3) is 0 Å². The van der Waals surface area contributed by atoms with Crippen molar-refractivity contribution in [2.75, 3.05) is 19.4 Å². The monoisotopic (exact) mass is 307 g/mol. The highest BCUT2D eigenvalue weighted by atomic mass is 32.2. The smallest absolute Gasteiger partial charge is 0.252 e. The first-order valence-electron chi connectivity index (χ1n) is 6.76. The molecule has 4 nitrogen and oxygen atoms in total. The van der Waals surface area contributed by atoms with E-state index in [2.05, 4.69) is 17.2 Å². The molecule has 1 amide bonds. The fraction of sp³-hybridized carbons (Fsp3) is 0.438. The molecule has 5 heteroatoms. The molecule has 0 aliphatic heterocycles. The molecule has 0 aliphatic carbocycles. The molecule has 2 unspecified atom stereocenters. The number of carbonyl (C=O) groups is 1. The molecule has 0 heterocycles. The second kappa shape index (κ2) is 8.60. The van der Waals surface area contributed by atoms with Gasteiger partial charge in [0.1, 0.15) is 0 Å². The summed E-state index contributed by atoms with van der Waals surface area (Å²) in [4.78, 5) is 12.3. The number of benzene rings is 1. The Morgan fingerprint density at radius 2 is 2.19 bits per heavy atom. The Bertz CT molecular complexity index is 587. The van der Waals surface area contributed by atoms with Gasteiger partial charge in [0.2, 0.25) is 0 Å². The summed E-state index contributed by atoms with van der Waals surface area (Å²) >= 11 is 0. The van der Waals surface area contributed by atoms with Crippen molar-refractivity contribution in [3.05, 3.63) is 34.9 Å². The summed E-state index contributed by atoms with van der Waals surface area (Å²) in [6.07, 6.45) is 2.00. The SMILES string of the molecule is Cc1ccc(C#CCCO)c(C(=O)NCC(C)S(C)=O)c1. The molecule has 0 radical (unpaired) electrons. The van der Waals surface area contributed by atoms with Gasteiger partial charge in [0.15, 0.2) is 0 Å². The molecule has 1 rings (SSSR count). The second-order valence-corrected chi connectivity index (χ2v) is 6.65. The lowest BCUT2D eigenvalue weighted by atomic mass is 10.0. The normalized spacial score (nSPS) is 13.0. The maximum absolute atomic E-state index is 12.3. The van der Waals surface area contributed by atoms with Gasteiger partial charge in [-0.3, -0.25) is 9.00 Å². The molecule has 0 spiro atoms. The maximum Gasteiger partial charge on any atom is 0.252 e. The summed E-state index contributed by atoms with van der Waals surface area (Å²) in [5.74, 6) is 5.50. The van der Waals surface area contributed by atoms with E-state index in [0.717, 1.165) is 5.56 Å². The molecule has 0 aromatic heterocycles. The molecule has 2 atom stereocenters. The highest BCUT2D eigenvalue weighted by molar-refractivity contribution is 7.84. The van der Waals surface area contributed by atoms with Crippen LogP contribution in [0.4, 0.5) is 0 Å². The molecule has 0 saturated heterocycles. The highest BCUT2D eigenvalue weighted by Gasteiger charge is 2.13. The number of aliphatic hydroxyl groups is 1. The molecular weight excluding hydrogens is 286 g/mol. The van der Waals surface area contributed by atoms with Gasteiger partial charge in [0.25, 0.3) is 5.91 Å². The standard InChI is InChI=1S/C16H21NO3S/c1-12-7-8-14(6-4-5-9-18)15(10-12)16(19)17-11-13(2)21(3)20/h7-8,10,13,18H,5,9,11H2,1-3H3,(H,17,19). The van der Waals surface area contributed by atoms with Gasteiger partial charge in [-0.25, -0.2) is 0 Å². The van der Waals surface area contributed by atoms with E-state index in [0.29, 0.717) is 24.1 Å². The van der Waals surface area contributed by atoms with Crippen LogP contribution < -0.4 is 5.32 Å². The van der Waals surface area contributed by atoms with Crippen LogP contribution in [0.1, 0.15) is 34.8 Å². The van der Waals surface area contributed by atoms with E-state index in [4.69, 9.17) is 5.11 Å². The quantitative estimate of drug-likeness (QED) is 0.804. The zero-order valence-corrected chi connectivity index (χ0v) is 13.4. The lowest BCUT2D eigenvalue weighted by Gasteiger charge is -2.11. The molecular formula is C16H21NO3S. The first kappa shape index (κ1) is 17.4. The molecule has 0 bridgehead atoms. The minimum atomic E-state index is -0.969. The van der Waals surface area contributed by atoms with E-state index in [1.807, 2.05) is 19.9 Å². The van der Waals surface area contributed by atoms with Gasteiger partial charge in [-0.15, -0.1) is 0 Å². The molecule has 2 N–H and O–H groups in total. The average molecular weight is 307 g/mol. The number of nitrogens with one attached hydrogen (secondary N) is 1. The number of hydrogen-bond donors (Lipinski definition) is 2. The fourth-order valence-corrected chi connectivity index (χ4v) is 1.94. The molecule has 114 valence electrons. The van der Waals surface area contributed by atoms with Crippen molar-refractivity contribution < 1.29 is 14.1 Å². The predicted octanol–water partition coefficient (Wildman–Crippen LogP) is 1.23. The zero-order valence-electron chi connectivity index (χ0n) is 12.6. The summed E-state index contributed by atoms with van der Waals surface area (Å²) in [7, 11) is -0.969. The fourth-order valence-electron chi connectivity index (χ4n) is 1.62. The van der Waals surface area contributed by atoms with Gasteiger partial charge in [-0.05, 0) is 26.0 Å². The Morgan fingerprint density at radius 1 is 1.48 bits per heavy atom. The van der Waals surface area contributed by atoms with E-state index in [1.165, 1.54) is 0 Å². The topological polar surface area (TPSA) is 66.4 Å². The molecule has 0 fully saturated rings. The van der Waals surface area contributed by atoms with E-state index >= 15 is 0 Å². The van der Waals surface area contributed by atoms with Gasteiger partial charge >= 0.3 is 0 Å². The number of hydrogen-bond acceptors (Lipinski definition) is 3. The van der Waals surface area contributed by atoms with Crippen molar-refractivity contribution in [1.82, 2.24) is 5.32 Å². The number of aliphatic hydroxyl groups excluding tert-OH is 1. The number of amides is 1. The zero-order chi connectivity index (χ0) is 15.8. The molecule has 21 heavy (non-hydrogen) atoms. The summed E-state index contributed by atoms with van der Waals surface area (Å²) in [6.45, 7) is 4.10. The highest BCUT2D eigenvalue weighted by Crippen LogP contribution is 2.11. The van der Waals surface area contributed by atoms with Crippen LogP contribution in [0.5, 0.6) is 0 Å². The van der Waals surface area contributed by atoms with Gasteiger partial charge < -0.3 is 10.4 Å². The summed E-state index contributed by atoms with van der Waals surface area (Å²) < 4.78 is 11.3. The van der Waals surface area contributed by atoms with Crippen LogP contribution in [0.2, 0.25) is 0 Å². The van der Waals surface area contributed by atoms with Crippen molar-refractivity contribution >= 4 is 16.7 Å². The van der Waals surface area contributed by atoms with Crippen molar-refractivity contribution in [3.8, 4) is 11.8 Å². The maximum atomic E-state index is 12.3. The van der Waals surface area contributed by atoms with Crippen molar-refractivity contribution in [2.24, 2.45) is 0 Å². The lowest BCUT2D eigenvalue weighted by molar-refractivity contribution is 0.0954. The molecule has 1 aromatic carbocycles. The first-order chi connectivity index (χ1) is 9.95. The van der Waals surface area contributed by atoms with Crippen LogP contribution in [0.15, 0.2) is 18.2 Å². The minimum Gasteiger partial charge on any atom is -0.395 e. The van der Waals surface area contributed by atoms with Crippen molar-refractivity contribution in [2.45, 2.75) is 25.5 Å². The summed E-state index contributed by atoms with van der Waals surface area (Å²) in [5, 5.41) is 11.4. The Balaban J connectivity index is 2.90. The summed E-state index contributed by atoms with van der Waals surface area (Å²) in [6, 6.07) is 5.48. The third-order valence-corrected chi connectivity index (χ3v) is 4.30. The Labute approximate surface area is 128 Å². The third kappa shape index (κ3) is 5.70. The average Bonchev–Trinajstić information content (AvgIpc) is 2.45. The number of rotatable bonds is 5. The Kier molecular flexibility index (Phi) is 7.13. The Morgan fingerprint density at radius 3 is 2.81 bits per heavy atom. The molecule has 0 aliphatic rings. The van der Waals surface area contributed by atoms with Gasteiger partial charge in [0, 0.05) is 40.8 Å². The summed E-state index contributed by atoms with van der Waals surface area (Å²) in [5.41, 5.74) is 2.12. The minimum absolute atomic E-state index is 0.000218. The van der Waals surface area contributed by atoms with E-state index in [-0.39, 0.29) is 17.8 Å². The predicted molar refractivity (Wildman–Crippen MR) is 85.6 cm³/mol. The van der Waals surface area contributed by atoms with E-state index in [1.54, 1.807) is 18.4 Å². The van der Waals surface area contributed by atoms with Crippen LogP contribution in [-0.4, -0.2) is 39.9 Å². The van der Waals surface area contributed by atoms with E-state index in [9.17, 15) is 9.00 Å². The number of carbonyl (C=O) groups excluding carboxylic acids is 1. The van der Waals surface area contributed by atoms with Crippen LogP contribution in [0.3, 0.4) is 0 Å². The van der Waals surface area contributed by atoms with Crippen molar-refractivity contribution in [1.29, 1.82) is 0 Å². The van der Waals surface area contributed by atoms with Gasteiger partial charge in [-0.1, -0.05) is 23.5 Å². The molecule has 1 aromatic rings. The van der Waals surface area contributed by atoms with Gasteiger partial charge in [-0.2, -0.15) is 0 Å². The number of aryl methyl sites for hydroxylation is 1. The van der Waals surface area contributed by atoms with Gasteiger partial charge in [0.05, 0.1) is 12.2 Å². The lowest BCUT2D eigenvalue weighted by Crippen LogP contribution is -2.33. The van der Waals surface area contributed by atoms with Crippen molar-refractivity contribution in [3.63, 3.8) is 0 Å². The Hall–Kier alpha value is -1.64. The van der Waals surface area contributed by atoms with Crippen LogP contribution in [0, 0.1) is 18.8 Å². The van der Waals surface area contributed by atoms with E-state index < -0.39 is 10.8 Å².